The van der Waals surface area contributed by atoms with Gasteiger partial charge in [0.05, 0.1) is 6.61 Å². The first kappa shape index (κ1) is 14.3. The second kappa shape index (κ2) is 6.33. The second-order valence-corrected chi connectivity index (χ2v) is 6.11. The maximum Gasteiger partial charge on any atom is 0.0630 e. The normalized spacial score (nSPS) is 32.7. The van der Waals surface area contributed by atoms with Crippen molar-refractivity contribution < 1.29 is 4.74 Å². The van der Waals surface area contributed by atoms with E-state index in [9.17, 15) is 0 Å². The van der Waals surface area contributed by atoms with Gasteiger partial charge in [-0.25, -0.2) is 0 Å². The van der Waals surface area contributed by atoms with Gasteiger partial charge in [-0.15, -0.1) is 0 Å². The number of nitrogens with zero attached hydrogens (tertiary/aromatic N) is 2. The molecule has 4 nitrogen and oxygen atoms in total. The highest BCUT2D eigenvalue weighted by molar-refractivity contribution is 4.89. The van der Waals surface area contributed by atoms with Crippen molar-refractivity contribution in [1.29, 1.82) is 0 Å². The molecule has 1 saturated heterocycles. The summed E-state index contributed by atoms with van der Waals surface area (Å²) < 4.78 is 5.41. The Balaban J connectivity index is 1.87. The Hall–Kier alpha value is -0.160. The third kappa shape index (κ3) is 3.67. The molecule has 1 heterocycles. The smallest absolute Gasteiger partial charge is 0.0630 e. The van der Waals surface area contributed by atoms with Crippen LogP contribution in [-0.4, -0.2) is 74.4 Å². The molecule has 0 amide bonds. The summed E-state index contributed by atoms with van der Waals surface area (Å²) in [6.07, 6.45) is 2.71. The highest BCUT2D eigenvalue weighted by atomic mass is 16.5. The molecule has 106 valence electrons. The van der Waals surface area contributed by atoms with E-state index in [2.05, 4.69) is 36.0 Å². The Morgan fingerprint density at radius 3 is 2.33 bits per heavy atom. The van der Waals surface area contributed by atoms with Crippen LogP contribution in [0.3, 0.4) is 0 Å². The van der Waals surface area contributed by atoms with Crippen molar-refractivity contribution >= 4 is 0 Å². The SMILES string of the molecule is COCC(CNC1CC1)N1CC(C)N(C)C(C)C1. The monoisotopic (exact) mass is 255 g/mol. The Labute approximate surface area is 112 Å². The minimum absolute atomic E-state index is 0.522. The third-order valence-corrected chi connectivity index (χ3v) is 4.48. The summed E-state index contributed by atoms with van der Waals surface area (Å²) in [5.74, 6) is 0. The predicted octanol–water partition coefficient (Wildman–Crippen LogP) is 0.778. The summed E-state index contributed by atoms with van der Waals surface area (Å²) in [5, 5.41) is 3.64. The average Bonchev–Trinajstić information content (AvgIpc) is 3.15. The zero-order valence-corrected chi connectivity index (χ0v) is 12.4. The topological polar surface area (TPSA) is 27.7 Å². The van der Waals surface area contributed by atoms with Crippen LogP contribution in [0.1, 0.15) is 26.7 Å². The van der Waals surface area contributed by atoms with Crippen molar-refractivity contribution in [3.63, 3.8) is 0 Å². The van der Waals surface area contributed by atoms with Gasteiger partial charge in [-0.2, -0.15) is 0 Å². The van der Waals surface area contributed by atoms with Crippen LogP contribution in [-0.2, 0) is 4.74 Å². The van der Waals surface area contributed by atoms with Gasteiger partial charge >= 0.3 is 0 Å². The minimum atomic E-state index is 0.522. The van der Waals surface area contributed by atoms with Gasteiger partial charge in [-0.1, -0.05) is 0 Å². The van der Waals surface area contributed by atoms with Gasteiger partial charge in [0.1, 0.15) is 0 Å². The van der Waals surface area contributed by atoms with Crippen LogP contribution >= 0.6 is 0 Å². The average molecular weight is 255 g/mol. The molecular weight excluding hydrogens is 226 g/mol. The number of likely N-dealkylation sites (N-methyl/N-ethyl adjacent to an activating group) is 1. The molecule has 2 fully saturated rings. The number of nitrogens with one attached hydrogen (secondary N) is 1. The number of ether oxygens (including phenoxy) is 1. The lowest BCUT2D eigenvalue weighted by molar-refractivity contribution is 0.00827. The lowest BCUT2D eigenvalue weighted by atomic mass is 10.1. The van der Waals surface area contributed by atoms with E-state index >= 15 is 0 Å². The quantitative estimate of drug-likeness (QED) is 0.759. The standard InChI is InChI=1S/C14H29N3O/c1-11-8-17(9-12(2)16(11)3)14(10-18-4)7-15-13-5-6-13/h11-15H,5-10H2,1-4H3. The van der Waals surface area contributed by atoms with Gasteiger partial charge in [0.25, 0.3) is 0 Å². The van der Waals surface area contributed by atoms with Crippen LogP contribution < -0.4 is 5.32 Å². The molecule has 2 aliphatic rings. The van der Waals surface area contributed by atoms with Crippen molar-refractivity contribution in [1.82, 2.24) is 15.1 Å². The highest BCUT2D eigenvalue weighted by Crippen LogP contribution is 2.20. The fourth-order valence-corrected chi connectivity index (χ4v) is 2.82. The second-order valence-electron chi connectivity index (χ2n) is 6.11. The summed E-state index contributed by atoms with van der Waals surface area (Å²) >= 11 is 0. The summed E-state index contributed by atoms with van der Waals surface area (Å²) in [4.78, 5) is 5.09. The molecule has 0 aromatic heterocycles. The van der Waals surface area contributed by atoms with Crippen molar-refractivity contribution in [2.45, 2.75) is 50.9 Å². The van der Waals surface area contributed by atoms with E-state index in [-0.39, 0.29) is 0 Å². The third-order valence-electron chi connectivity index (χ3n) is 4.48. The van der Waals surface area contributed by atoms with Gasteiger partial charge in [-0.05, 0) is 33.7 Å². The molecule has 1 saturated carbocycles. The molecule has 0 radical (unpaired) electrons. The predicted molar refractivity (Wildman–Crippen MR) is 74.9 cm³/mol. The summed E-state index contributed by atoms with van der Waals surface area (Å²) in [5.41, 5.74) is 0. The van der Waals surface area contributed by atoms with Crippen LogP contribution in [0.4, 0.5) is 0 Å². The van der Waals surface area contributed by atoms with E-state index in [4.69, 9.17) is 4.74 Å². The van der Waals surface area contributed by atoms with E-state index in [1.165, 1.54) is 12.8 Å². The first-order chi connectivity index (χ1) is 8.61. The molecule has 3 unspecified atom stereocenters. The number of methoxy groups -OCH3 is 1. The maximum absolute atomic E-state index is 5.41. The Morgan fingerprint density at radius 2 is 1.83 bits per heavy atom. The van der Waals surface area contributed by atoms with Crippen LogP contribution in [0.15, 0.2) is 0 Å². The van der Waals surface area contributed by atoms with Crippen molar-refractivity contribution in [3.05, 3.63) is 0 Å². The number of hydrogen-bond acceptors (Lipinski definition) is 4. The van der Waals surface area contributed by atoms with E-state index in [1.54, 1.807) is 0 Å². The summed E-state index contributed by atoms with van der Waals surface area (Å²) in [6, 6.07) is 2.57. The molecular formula is C14H29N3O. The van der Waals surface area contributed by atoms with Crippen molar-refractivity contribution in [2.24, 2.45) is 0 Å². The molecule has 4 heteroatoms. The van der Waals surface area contributed by atoms with Gasteiger partial charge in [0, 0.05) is 50.9 Å². The number of piperazine rings is 1. The first-order valence-electron chi connectivity index (χ1n) is 7.30. The van der Waals surface area contributed by atoms with Crippen LogP contribution in [0.25, 0.3) is 0 Å². The molecule has 1 aliphatic carbocycles. The maximum atomic E-state index is 5.41. The van der Waals surface area contributed by atoms with Gasteiger partial charge in [0.2, 0.25) is 0 Å². The first-order valence-corrected chi connectivity index (χ1v) is 7.30. The minimum Gasteiger partial charge on any atom is -0.383 e. The van der Waals surface area contributed by atoms with Gasteiger partial charge < -0.3 is 10.1 Å². The van der Waals surface area contributed by atoms with Crippen molar-refractivity contribution in [3.8, 4) is 0 Å². The number of rotatable bonds is 6. The van der Waals surface area contributed by atoms with Crippen LogP contribution in [0, 0.1) is 0 Å². The zero-order chi connectivity index (χ0) is 13.1. The molecule has 0 spiro atoms. The summed E-state index contributed by atoms with van der Waals surface area (Å²) in [7, 11) is 4.05. The lowest BCUT2D eigenvalue weighted by Gasteiger charge is -2.45. The van der Waals surface area contributed by atoms with Crippen molar-refractivity contribution in [2.75, 3.05) is 40.4 Å². The molecule has 0 aromatic carbocycles. The van der Waals surface area contributed by atoms with E-state index in [0.717, 1.165) is 32.3 Å². The molecule has 3 atom stereocenters. The van der Waals surface area contributed by atoms with Crippen LogP contribution in [0.2, 0.25) is 0 Å². The zero-order valence-electron chi connectivity index (χ0n) is 12.4. The Kier molecular flexibility index (Phi) is 5.01. The molecule has 18 heavy (non-hydrogen) atoms. The fraction of sp³-hybridized carbons (Fsp3) is 1.00. The van der Waals surface area contributed by atoms with E-state index in [1.807, 2.05) is 7.11 Å². The Bertz CT molecular complexity index is 245. The Morgan fingerprint density at radius 1 is 1.22 bits per heavy atom. The summed E-state index contributed by atoms with van der Waals surface area (Å²) in [6.45, 7) is 8.86. The highest BCUT2D eigenvalue weighted by Gasteiger charge is 2.31. The van der Waals surface area contributed by atoms with E-state index in [0.29, 0.717) is 18.1 Å². The van der Waals surface area contributed by atoms with Gasteiger partial charge in [0.15, 0.2) is 0 Å². The van der Waals surface area contributed by atoms with Gasteiger partial charge in [-0.3, -0.25) is 9.80 Å². The fourth-order valence-electron chi connectivity index (χ4n) is 2.82. The molecule has 1 aliphatic heterocycles. The van der Waals surface area contributed by atoms with Crippen LogP contribution in [0.5, 0.6) is 0 Å². The molecule has 0 bridgehead atoms. The molecule has 2 rings (SSSR count). The molecule has 0 aromatic rings. The largest absolute Gasteiger partial charge is 0.383 e. The molecule has 1 N–H and O–H groups in total. The van der Waals surface area contributed by atoms with E-state index < -0.39 is 0 Å². The number of hydrogen-bond donors (Lipinski definition) is 1. The lowest BCUT2D eigenvalue weighted by Crippen LogP contribution is -2.60.